The third-order valence-corrected chi connectivity index (χ3v) is 2.47. The number of hydrogen-bond acceptors (Lipinski definition) is 2. The van der Waals surface area contributed by atoms with Crippen LogP contribution in [0.5, 0.6) is 5.75 Å². The molecular weight excluding hydrogens is 187 g/mol. The average molecular weight is 193 g/mol. The molecule has 0 aliphatic heterocycles. The first-order valence-corrected chi connectivity index (χ1v) is 4.48. The van der Waals surface area contributed by atoms with E-state index in [-0.39, 0.29) is 10.6 Å². The van der Waals surface area contributed by atoms with Crippen molar-refractivity contribution in [2.75, 3.05) is 6.26 Å². The number of thioether (sulfide) groups is 1. The Morgan fingerprint density at radius 3 is 2.64 bits per heavy atom. The summed E-state index contributed by atoms with van der Waals surface area (Å²) < 4.78 is 12.9. The van der Waals surface area contributed by atoms with Crippen molar-refractivity contribution in [1.82, 2.24) is 0 Å². The first-order valence-electron chi connectivity index (χ1n) is 2.87. The van der Waals surface area contributed by atoms with Crippen molar-refractivity contribution in [2.45, 2.75) is 4.90 Å². The maximum absolute atomic E-state index is 12.9. The Hall–Kier alpha value is -0.410. The van der Waals surface area contributed by atoms with Gasteiger partial charge in [-0.15, -0.1) is 11.8 Å². The van der Waals surface area contributed by atoms with E-state index in [1.54, 1.807) is 6.26 Å². The first-order chi connectivity index (χ1) is 5.16. The SMILES string of the molecule is CSc1c(Cl)ccc(O)c1F. The van der Waals surface area contributed by atoms with Gasteiger partial charge < -0.3 is 5.11 Å². The third kappa shape index (κ3) is 1.60. The van der Waals surface area contributed by atoms with Crippen molar-refractivity contribution in [3.63, 3.8) is 0 Å². The summed E-state index contributed by atoms with van der Waals surface area (Å²) in [4.78, 5) is 0.284. The van der Waals surface area contributed by atoms with Crippen molar-refractivity contribution < 1.29 is 9.50 Å². The van der Waals surface area contributed by atoms with Crippen LogP contribution < -0.4 is 0 Å². The van der Waals surface area contributed by atoms with Crippen LogP contribution in [0.2, 0.25) is 5.02 Å². The standard InChI is InChI=1S/C7H6ClFOS/c1-11-7-4(8)2-3-5(10)6(7)9/h2-3,10H,1H3. The zero-order valence-corrected chi connectivity index (χ0v) is 7.34. The third-order valence-electron chi connectivity index (χ3n) is 1.23. The van der Waals surface area contributed by atoms with Gasteiger partial charge in [-0.1, -0.05) is 11.6 Å². The maximum Gasteiger partial charge on any atom is 0.179 e. The Bertz CT molecular complexity index is 277. The molecule has 0 saturated carbocycles. The summed E-state index contributed by atoms with van der Waals surface area (Å²) in [5.41, 5.74) is 0. The highest BCUT2D eigenvalue weighted by atomic mass is 35.5. The second kappa shape index (κ2) is 3.32. The van der Waals surface area contributed by atoms with Crippen molar-refractivity contribution >= 4 is 23.4 Å². The smallest absolute Gasteiger partial charge is 0.179 e. The second-order valence-electron chi connectivity index (χ2n) is 1.91. The highest BCUT2D eigenvalue weighted by molar-refractivity contribution is 7.98. The van der Waals surface area contributed by atoms with Crippen LogP contribution >= 0.6 is 23.4 Å². The number of hydrogen-bond donors (Lipinski definition) is 1. The molecule has 0 aliphatic rings. The summed E-state index contributed by atoms with van der Waals surface area (Å²) >= 11 is 6.80. The Morgan fingerprint density at radius 2 is 2.18 bits per heavy atom. The van der Waals surface area contributed by atoms with E-state index in [0.29, 0.717) is 5.02 Å². The molecular formula is C7H6ClFOS. The summed E-state index contributed by atoms with van der Waals surface area (Å²) in [6.07, 6.45) is 1.70. The zero-order chi connectivity index (χ0) is 8.43. The van der Waals surface area contributed by atoms with E-state index >= 15 is 0 Å². The van der Waals surface area contributed by atoms with Crippen LogP contribution in [0.25, 0.3) is 0 Å². The van der Waals surface area contributed by atoms with E-state index in [1.165, 1.54) is 23.9 Å². The predicted molar refractivity (Wildman–Crippen MR) is 44.9 cm³/mol. The molecule has 0 atom stereocenters. The summed E-state index contributed by atoms with van der Waals surface area (Å²) in [7, 11) is 0. The Labute approximate surface area is 73.2 Å². The minimum atomic E-state index is -0.648. The van der Waals surface area contributed by atoms with Crippen LogP contribution in [0.1, 0.15) is 0 Å². The molecule has 0 spiro atoms. The van der Waals surface area contributed by atoms with E-state index in [4.69, 9.17) is 16.7 Å². The molecule has 0 unspecified atom stereocenters. The first kappa shape index (κ1) is 8.68. The van der Waals surface area contributed by atoms with Crippen LogP contribution in [-0.4, -0.2) is 11.4 Å². The number of aromatic hydroxyl groups is 1. The van der Waals surface area contributed by atoms with Gasteiger partial charge in [-0.05, 0) is 18.4 Å². The van der Waals surface area contributed by atoms with Crippen molar-refractivity contribution in [3.8, 4) is 5.75 Å². The van der Waals surface area contributed by atoms with Crippen molar-refractivity contribution in [1.29, 1.82) is 0 Å². The molecule has 0 fully saturated rings. The fourth-order valence-corrected chi connectivity index (χ4v) is 1.63. The minimum absolute atomic E-state index is 0.284. The normalized spacial score (nSPS) is 10.1. The number of benzene rings is 1. The molecule has 1 aromatic rings. The molecule has 1 nitrogen and oxygen atoms in total. The van der Waals surface area contributed by atoms with Gasteiger partial charge in [0, 0.05) is 0 Å². The molecule has 1 rings (SSSR count). The highest BCUT2D eigenvalue weighted by Crippen LogP contribution is 2.32. The molecule has 0 heterocycles. The summed E-state index contributed by atoms with van der Waals surface area (Å²) in [5, 5.41) is 9.24. The van der Waals surface area contributed by atoms with Crippen LogP contribution in [0, 0.1) is 5.82 Å². The monoisotopic (exact) mass is 192 g/mol. The van der Waals surface area contributed by atoms with Gasteiger partial charge in [0.1, 0.15) is 0 Å². The van der Waals surface area contributed by atoms with Gasteiger partial charge in [0.15, 0.2) is 11.6 Å². The fourth-order valence-electron chi connectivity index (χ4n) is 0.709. The number of phenolic OH excluding ortho intramolecular Hbond substituents is 1. The van der Waals surface area contributed by atoms with Crippen LogP contribution in [0.3, 0.4) is 0 Å². The molecule has 0 amide bonds. The van der Waals surface area contributed by atoms with Crippen molar-refractivity contribution in [3.05, 3.63) is 23.0 Å². The molecule has 0 radical (unpaired) electrons. The Morgan fingerprint density at radius 1 is 1.55 bits per heavy atom. The molecule has 4 heteroatoms. The predicted octanol–water partition coefficient (Wildman–Crippen LogP) is 2.91. The van der Waals surface area contributed by atoms with E-state index < -0.39 is 5.82 Å². The topological polar surface area (TPSA) is 20.2 Å². The Balaban J connectivity index is 3.29. The van der Waals surface area contributed by atoms with Gasteiger partial charge in [-0.2, -0.15) is 0 Å². The number of halogens is 2. The van der Waals surface area contributed by atoms with E-state index in [0.717, 1.165) is 0 Å². The lowest BCUT2D eigenvalue weighted by atomic mass is 10.3. The molecule has 0 aromatic heterocycles. The molecule has 0 aliphatic carbocycles. The lowest BCUT2D eigenvalue weighted by Crippen LogP contribution is -1.82. The average Bonchev–Trinajstić information content (AvgIpc) is 1.99. The molecule has 11 heavy (non-hydrogen) atoms. The molecule has 1 aromatic carbocycles. The highest BCUT2D eigenvalue weighted by Gasteiger charge is 2.09. The molecule has 0 bridgehead atoms. The summed E-state index contributed by atoms with van der Waals surface area (Å²) in [5.74, 6) is -1.01. The number of rotatable bonds is 1. The summed E-state index contributed by atoms with van der Waals surface area (Å²) in [6.45, 7) is 0. The van der Waals surface area contributed by atoms with Gasteiger partial charge in [0.05, 0.1) is 9.92 Å². The van der Waals surface area contributed by atoms with Gasteiger partial charge in [-0.25, -0.2) is 4.39 Å². The van der Waals surface area contributed by atoms with Gasteiger partial charge in [-0.3, -0.25) is 0 Å². The quantitative estimate of drug-likeness (QED) is 0.691. The fraction of sp³-hybridized carbons (Fsp3) is 0.143. The molecule has 60 valence electrons. The van der Waals surface area contributed by atoms with Crippen molar-refractivity contribution in [2.24, 2.45) is 0 Å². The van der Waals surface area contributed by atoms with E-state index in [1.807, 2.05) is 0 Å². The second-order valence-corrected chi connectivity index (χ2v) is 3.14. The lowest BCUT2D eigenvalue weighted by Gasteiger charge is -2.02. The molecule has 0 saturated heterocycles. The largest absolute Gasteiger partial charge is 0.505 e. The maximum atomic E-state index is 12.9. The van der Waals surface area contributed by atoms with Gasteiger partial charge in [0.2, 0.25) is 0 Å². The van der Waals surface area contributed by atoms with E-state index in [9.17, 15) is 4.39 Å². The molecule has 1 N–H and O–H groups in total. The van der Waals surface area contributed by atoms with Gasteiger partial charge >= 0.3 is 0 Å². The minimum Gasteiger partial charge on any atom is -0.505 e. The lowest BCUT2D eigenvalue weighted by molar-refractivity contribution is 0.425. The number of phenols is 1. The van der Waals surface area contributed by atoms with Crippen LogP contribution in [-0.2, 0) is 0 Å². The van der Waals surface area contributed by atoms with Gasteiger partial charge in [0.25, 0.3) is 0 Å². The zero-order valence-electron chi connectivity index (χ0n) is 5.77. The van der Waals surface area contributed by atoms with Crippen LogP contribution in [0.4, 0.5) is 4.39 Å². The summed E-state index contributed by atoms with van der Waals surface area (Å²) in [6, 6.07) is 2.70. The Kier molecular flexibility index (Phi) is 2.62. The van der Waals surface area contributed by atoms with E-state index in [2.05, 4.69) is 0 Å². The van der Waals surface area contributed by atoms with Crippen LogP contribution in [0.15, 0.2) is 17.0 Å².